The number of aromatic nitrogens is 1. The maximum Gasteiger partial charge on any atom is 0.164 e. The van der Waals surface area contributed by atoms with E-state index in [1.54, 1.807) is 0 Å². The highest BCUT2D eigenvalue weighted by molar-refractivity contribution is 6.35. The quantitative estimate of drug-likeness (QED) is 0.640. The average molecular weight is 302 g/mol. The van der Waals surface area contributed by atoms with Crippen LogP contribution in [0.5, 0.6) is 0 Å². The molecular weight excluding hydrogens is 289 g/mol. The second-order valence-electron chi connectivity index (χ2n) is 4.86. The van der Waals surface area contributed by atoms with Gasteiger partial charge >= 0.3 is 0 Å². The second kappa shape index (κ2) is 5.70. The van der Waals surface area contributed by atoms with Crippen molar-refractivity contribution in [3.63, 3.8) is 0 Å². The van der Waals surface area contributed by atoms with Gasteiger partial charge in [0.05, 0.1) is 0 Å². The molecule has 0 spiro atoms. The van der Waals surface area contributed by atoms with Crippen LogP contribution in [-0.2, 0) is 6.54 Å². The Morgan fingerprint density at radius 1 is 1.10 bits per heavy atom. The summed E-state index contributed by atoms with van der Waals surface area (Å²) in [5.41, 5.74) is 1.54. The fourth-order valence-electron chi connectivity index (χ4n) is 2.38. The van der Waals surface area contributed by atoms with E-state index >= 15 is 0 Å². The summed E-state index contributed by atoms with van der Waals surface area (Å²) >= 11 is 6.13. The monoisotopic (exact) mass is 301 g/mol. The summed E-state index contributed by atoms with van der Waals surface area (Å²) in [5, 5.41) is 1.68. The third kappa shape index (κ3) is 2.83. The molecule has 1 aromatic heterocycles. The van der Waals surface area contributed by atoms with Gasteiger partial charge in [-0.3, -0.25) is 4.79 Å². The standard InChI is InChI=1S/C17H13ClFNO/c18-15-2-1-3-16-14(15)8-10-20(16)11-9-17(21)12-4-6-13(19)7-5-12/h1-8,10H,9,11H2. The summed E-state index contributed by atoms with van der Waals surface area (Å²) in [6, 6.07) is 13.3. The van der Waals surface area contributed by atoms with Crippen LogP contribution in [0.1, 0.15) is 16.8 Å². The zero-order chi connectivity index (χ0) is 14.8. The molecule has 0 saturated carbocycles. The number of hydrogen-bond acceptors (Lipinski definition) is 1. The first-order valence-electron chi connectivity index (χ1n) is 6.67. The molecular formula is C17H13ClFNO. The number of ketones is 1. The smallest absolute Gasteiger partial charge is 0.164 e. The molecule has 0 N–H and O–H groups in total. The van der Waals surface area contributed by atoms with E-state index in [1.807, 2.05) is 35.0 Å². The molecule has 0 bridgehead atoms. The van der Waals surface area contributed by atoms with Crippen molar-refractivity contribution in [3.8, 4) is 0 Å². The number of halogens is 2. The van der Waals surface area contributed by atoms with Gasteiger partial charge < -0.3 is 4.57 Å². The number of rotatable bonds is 4. The summed E-state index contributed by atoms with van der Waals surface area (Å²) in [7, 11) is 0. The van der Waals surface area contributed by atoms with Gasteiger partial charge in [0.25, 0.3) is 0 Å². The number of carbonyl (C=O) groups excluding carboxylic acids is 1. The van der Waals surface area contributed by atoms with E-state index in [0.717, 1.165) is 10.9 Å². The molecule has 21 heavy (non-hydrogen) atoms. The number of Topliss-reactive ketones (excluding diaryl/α,β-unsaturated/α-hetero) is 1. The van der Waals surface area contributed by atoms with Crippen molar-refractivity contribution in [3.05, 3.63) is 71.1 Å². The molecule has 0 aliphatic carbocycles. The number of hydrogen-bond donors (Lipinski definition) is 0. The third-order valence-corrected chi connectivity index (χ3v) is 3.84. The first-order valence-corrected chi connectivity index (χ1v) is 7.05. The fourth-order valence-corrected chi connectivity index (χ4v) is 2.62. The highest BCUT2D eigenvalue weighted by Crippen LogP contribution is 2.24. The molecule has 0 fully saturated rings. The van der Waals surface area contributed by atoms with Gasteiger partial charge in [-0.2, -0.15) is 0 Å². The van der Waals surface area contributed by atoms with Crippen molar-refractivity contribution < 1.29 is 9.18 Å². The molecule has 2 aromatic carbocycles. The number of nitrogens with zero attached hydrogens (tertiary/aromatic N) is 1. The van der Waals surface area contributed by atoms with Gasteiger partial charge in [0.15, 0.2) is 5.78 Å². The number of benzene rings is 2. The van der Waals surface area contributed by atoms with E-state index in [1.165, 1.54) is 24.3 Å². The number of fused-ring (bicyclic) bond motifs is 1. The summed E-state index contributed by atoms with van der Waals surface area (Å²) < 4.78 is 14.8. The van der Waals surface area contributed by atoms with Crippen LogP contribution in [0.25, 0.3) is 10.9 Å². The van der Waals surface area contributed by atoms with Crippen molar-refractivity contribution in [2.45, 2.75) is 13.0 Å². The largest absolute Gasteiger partial charge is 0.347 e. The topological polar surface area (TPSA) is 22.0 Å². The summed E-state index contributed by atoms with van der Waals surface area (Å²) in [4.78, 5) is 12.1. The predicted molar refractivity (Wildman–Crippen MR) is 82.3 cm³/mol. The molecule has 3 rings (SSSR count). The van der Waals surface area contributed by atoms with E-state index in [4.69, 9.17) is 11.6 Å². The van der Waals surface area contributed by atoms with Crippen LogP contribution in [0.4, 0.5) is 4.39 Å². The van der Waals surface area contributed by atoms with Crippen LogP contribution < -0.4 is 0 Å². The minimum atomic E-state index is -0.336. The van der Waals surface area contributed by atoms with Crippen LogP contribution in [0.15, 0.2) is 54.7 Å². The molecule has 106 valence electrons. The highest BCUT2D eigenvalue weighted by Gasteiger charge is 2.08. The highest BCUT2D eigenvalue weighted by atomic mass is 35.5. The van der Waals surface area contributed by atoms with Gasteiger partial charge in [0.2, 0.25) is 0 Å². The van der Waals surface area contributed by atoms with Gasteiger partial charge in [-0.25, -0.2) is 4.39 Å². The fraction of sp³-hybridized carbons (Fsp3) is 0.118. The summed E-state index contributed by atoms with van der Waals surface area (Å²) in [6.45, 7) is 0.569. The second-order valence-corrected chi connectivity index (χ2v) is 5.27. The molecule has 0 unspecified atom stereocenters. The number of aryl methyl sites for hydroxylation is 1. The first kappa shape index (κ1) is 13.8. The zero-order valence-corrected chi connectivity index (χ0v) is 12.0. The van der Waals surface area contributed by atoms with Crippen molar-refractivity contribution in [1.82, 2.24) is 4.57 Å². The maximum atomic E-state index is 12.8. The average Bonchev–Trinajstić information content (AvgIpc) is 2.90. The molecule has 0 aliphatic rings. The molecule has 0 aliphatic heterocycles. The molecule has 1 heterocycles. The van der Waals surface area contributed by atoms with E-state index < -0.39 is 0 Å². The Kier molecular flexibility index (Phi) is 3.76. The van der Waals surface area contributed by atoms with Crippen LogP contribution in [0, 0.1) is 5.82 Å². The normalized spacial score (nSPS) is 11.0. The number of carbonyl (C=O) groups is 1. The maximum absolute atomic E-state index is 12.8. The van der Waals surface area contributed by atoms with Gasteiger partial charge in [-0.05, 0) is 42.5 Å². The Hall–Kier alpha value is -2.13. The van der Waals surface area contributed by atoms with Gasteiger partial charge in [0.1, 0.15) is 5.82 Å². The molecule has 0 atom stereocenters. The van der Waals surface area contributed by atoms with Crippen LogP contribution in [0.3, 0.4) is 0 Å². The van der Waals surface area contributed by atoms with Gasteiger partial charge in [-0.15, -0.1) is 0 Å². The van der Waals surface area contributed by atoms with Crippen LogP contribution >= 0.6 is 11.6 Å². The Morgan fingerprint density at radius 2 is 1.86 bits per heavy atom. The minimum Gasteiger partial charge on any atom is -0.347 e. The minimum absolute atomic E-state index is 0.00104. The van der Waals surface area contributed by atoms with Gasteiger partial charge in [0, 0.05) is 40.7 Å². The van der Waals surface area contributed by atoms with E-state index in [-0.39, 0.29) is 11.6 Å². The van der Waals surface area contributed by atoms with E-state index in [9.17, 15) is 9.18 Å². The Bertz CT molecular complexity index is 792. The summed E-state index contributed by atoms with van der Waals surface area (Å²) in [6.07, 6.45) is 2.29. The lowest BCUT2D eigenvalue weighted by Gasteiger charge is -2.05. The predicted octanol–water partition coefficient (Wildman–Crippen LogP) is 4.71. The molecule has 0 saturated heterocycles. The van der Waals surface area contributed by atoms with Crippen molar-refractivity contribution in [2.24, 2.45) is 0 Å². The Morgan fingerprint density at radius 3 is 2.62 bits per heavy atom. The Labute approximate surface area is 126 Å². The first-order chi connectivity index (χ1) is 10.1. The van der Waals surface area contributed by atoms with Gasteiger partial charge in [-0.1, -0.05) is 17.7 Å². The lowest BCUT2D eigenvalue weighted by Crippen LogP contribution is -2.05. The SMILES string of the molecule is O=C(CCn1ccc2c(Cl)cccc21)c1ccc(F)cc1. The molecule has 0 radical (unpaired) electrons. The van der Waals surface area contributed by atoms with E-state index in [0.29, 0.717) is 23.6 Å². The Balaban J connectivity index is 1.76. The van der Waals surface area contributed by atoms with Crippen LogP contribution in [0.2, 0.25) is 5.02 Å². The van der Waals surface area contributed by atoms with Crippen molar-refractivity contribution >= 4 is 28.3 Å². The molecule has 3 aromatic rings. The van der Waals surface area contributed by atoms with Crippen LogP contribution in [-0.4, -0.2) is 10.4 Å². The lowest BCUT2D eigenvalue weighted by atomic mass is 10.1. The molecule has 0 amide bonds. The van der Waals surface area contributed by atoms with Crippen molar-refractivity contribution in [2.75, 3.05) is 0 Å². The third-order valence-electron chi connectivity index (χ3n) is 3.51. The summed E-state index contributed by atoms with van der Waals surface area (Å²) in [5.74, 6) is -0.337. The van der Waals surface area contributed by atoms with Crippen molar-refractivity contribution in [1.29, 1.82) is 0 Å². The molecule has 2 nitrogen and oxygen atoms in total. The zero-order valence-electron chi connectivity index (χ0n) is 11.2. The lowest BCUT2D eigenvalue weighted by molar-refractivity contribution is 0.0977. The van der Waals surface area contributed by atoms with E-state index in [2.05, 4.69) is 0 Å². The molecule has 4 heteroatoms.